The van der Waals surface area contributed by atoms with E-state index in [4.69, 9.17) is 33.8 Å². The lowest BCUT2D eigenvalue weighted by molar-refractivity contribution is -0.145. The summed E-state index contributed by atoms with van der Waals surface area (Å²) in [4.78, 5) is 53.7. The molecule has 13 heteroatoms. The van der Waals surface area contributed by atoms with Gasteiger partial charge in [0.25, 0.3) is 6.47 Å². The number of hydrogen-bond donors (Lipinski definition) is 0. The number of para-hydroxylation sites is 1. The van der Waals surface area contributed by atoms with Crippen molar-refractivity contribution in [3.63, 3.8) is 0 Å². The van der Waals surface area contributed by atoms with Gasteiger partial charge in [-0.3, -0.25) is 14.4 Å². The number of carbonyl (C=O) groups excluding carboxylic acids is 4. The minimum absolute atomic E-state index is 0.173. The van der Waals surface area contributed by atoms with E-state index in [9.17, 15) is 19.2 Å². The van der Waals surface area contributed by atoms with Crippen molar-refractivity contribution in [1.29, 1.82) is 0 Å². The maximum absolute atomic E-state index is 13.5. The molecule has 0 saturated heterocycles. The number of nitrogens with zero attached hydrogens (tertiary/aromatic N) is 3. The number of unbranched alkanes of at least 4 members (excludes halogenated alkanes) is 3. The smallest absolute Gasteiger partial charge is 0.330 e. The number of carbonyl (C=O) groups is 4. The molecule has 0 N–H and O–H groups in total. The normalized spacial score (nSPS) is 17.1. The molecule has 4 aromatic rings. The van der Waals surface area contributed by atoms with Crippen molar-refractivity contribution in [2.45, 2.75) is 89.5 Å². The zero-order valence-electron chi connectivity index (χ0n) is 32.1. The van der Waals surface area contributed by atoms with Crippen LogP contribution in [0.25, 0.3) is 10.2 Å². The molecule has 0 amide bonds. The third-order valence-corrected chi connectivity index (χ3v) is 11.3. The van der Waals surface area contributed by atoms with Crippen molar-refractivity contribution in [2.24, 2.45) is 16.9 Å². The first kappa shape index (κ1) is 41.1. The number of esters is 3. The van der Waals surface area contributed by atoms with Gasteiger partial charge in [0, 0.05) is 11.6 Å². The molecule has 2 saturated carbocycles. The molecular formula is C44H49N3O9S. The third kappa shape index (κ3) is 12.0. The van der Waals surface area contributed by atoms with Crippen LogP contribution in [0.2, 0.25) is 0 Å². The van der Waals surface area contributed by atoms with Crippen LogP contribution in [0.1, 0.15) is 89.0 Å². The Morgan fingerprint density at radius 2 is 1.46 bits per heavy atom. The van der Waals surface area contributed by atoms with Crippen LogP contribution in [-0.2, 0) is 23.9 Å². The standard InChI is InChI=1S/C44H49N3O9S/c1-2-41(49)53-27-11-4-3-10-26-52-35-20-22-36(23-21-35)55-42(50)31-16-18-32(19-17-31)43(51)56-39-25-24-37(54-30-48)28-33(39)29-45-47(34-12-6-5-7-13-34)44-46-38-14-8-9-15-40(38)57-44/h2,8-9,14-15,20-25,28-32,34H,1,3-7,10-13,16-19,26-27H2/b45-29+. The highest BCUT2D eigenvalue weighted by Crippen LogP contribution is 2.35. The summed E-state index contributed by atoms with van der Waals surface area (Å²) in [6.07, 6.45) is 13.7. The van der Waals surface area contributed by atoms with Gasteiger partial charge in [-0.1, -0.05) is 49.3 Å². The minimum atomic E-state index is -0.402. The molecule has 57 heavy (non-hydrogen) atoms. The Bertz CT molecular complexity index is 1970. The van der Waals surface area contributed by atoms with Crippen LogP contribution in [0.3, 0.4) is 0 Å². The maximum atomic E-state index is 13.5. The van der Waals surface area contributed by atoms with Crippen LogP contribution in [0.5, 0.6) is 23.0 Å². The molecule has 0 radical (unpaired) electrons. The zero-order chi connectivity index (χ0) is 39.8. The van der Waals surface area contributed by atoms with Gasteiger partial charge in [-0.25, -0.2) is 14.8 Å². The van der Waals surface area contributed by atoms with Crippen molar-refractivity contribution in [1.82, 2.24) is 4.98 Å². The van der Waals surface area contributed by atoms with Gasteiger partial charge in [-0.05, 0) is 119 Å². The monoisotopic (exact) mass is 795 g/mol. The fourth-order valence-electron chi connectivity index (χ4n) is 7.10. The van der Waals surface area contributed by atoms with Gasteiger partial charge in [0.15, 0.2) is 0 Å². The highest BCUT2D eigenvalue weighted by atomic mass is 32.1. The van der Waals surface area contributed by atoms with Gasteiger partial charge in [0.2, 0.25) is 5.13 Å². The molecule has 2 aliphatic rings. The molecule has 0 bridgehead atoms. The van der Waals surface area contributed by atoms with E-state index in [-0.39, 0.29) is 23.9 Å². The van der Waals surface area contributed by atoms with Crippen LogP contribution in [-0.4, -0.2) is 54.8 Å². The fourth-order valence-corrected chi connectivity index (χ4v) is 8.09. The molecule has 0 aliphatic heterocycles. The molecule has 300 valence electrons. The average molecular weight is 796 g/mol. The molecule has 6 rings (SSSR count). The van der Waals surface area contributed by atoms with Crippen LogP contribution in [0, 0.1) is 11.8 Å². The topological polar surface area (TPSA) is 143 Å². The summed E-state index contributed by atoms with van der Waals surface area (Å²) in [6.45, 7) is 4.67. The highest BCUT2D eigenvalue weighted by molar-refractivity contribution is 7.22. The molecule has 2 aliphatic carbocycles. The second-order valence-electron chi connectivity index (χ2n) is 14.3. The Morgan fingerprint density at radius 3 is 2.16 bits per heavy atom. The predicted octanol–water partition coefficient (Wildman–Crippen LogP) is 8.99. The van der Waals surface area contributed by atoms with Crippen molar-refractivity contribution < 1.29 is 42.9 Å². The second kappa shape index (κ2) is 21.1. The van der Waals surface area contributed by atoms with Gasteiger partial charge in [-0.2, -0.15) is 5.10 Å². The Hall–Kier alpha value is -5.56. The molecular weight excluding hydrogens is 747 g/mol. The summed E-state index contributed by atoms with van der Waals surface area (Å²) in [5.41, 5.74) is 1.40. The summed E-state index contributed by atoms with van der Waals surface area (Å²) in [5, 5.41) is 7.69. The molecule has 1 aromatic heterocycles. The number of aromatic nitrogens is 1. The predicted molar refractivity (Wildman–Crippen MR) is 218 cm³/mol. The molecule has 1 heterocycles. The van der Waals surface area contributed by atoms with Crippen LogP contribution < -0.4 is 24.0 Å². The van der Waals surface area contributed by atoms with E-state index in [1.165, 1.54) is 6.42 Å². The van der Waals surface area contributed by atoms with E-state index in [0.717, 1.165) is 72.8 Å². The number of anilines is 1. The van der Waals surface area contributed by atoms with E-state index in [1.54, 1.807) is 60.0 Å². The lowest BCUT2D eigenvalue weighted by Gasteiger charge is -2.30. The minimum Gasteiger partial charge on any atom is -0.494 e. The van der Waals surface area contributed by atoms with Gasteiger partial charge in [-0.15, -0.1) is 0 Å². The Labute approximate surface area is 336 Å². The molecule has 0 spiro atoms. The number of hydrazone groups is 1. The van der Waals surface area contributed by atoms with Crippen LogP contribution >= 0.6 is 11.3 Å². The Balaban J connectivity index is 0.999. The van der Waals surface area contributed by atoms with Crippen molar-refractivity contribution in [3.8, 4) is 23.0 Å². The number of benzene rings is 3. The molecule has 3 aromatic carbocycles. The van der Waals surface area contributed by atoms with E-state index in [1.807, 2.05) is 29.3 Å². The largest absolute Gasteiger partial charge is 0.494 e. The third-order valence-electron chi connectivity index (χ3n) is 10.3. The first-order valence-corrected chi connectivity index (χ1v) is 20.6. The first-order valence-electron chi connectivity index (χ1n) is 19.8. The quantitative estimate of drug-likeness (QED) is 0.0171. The summed E-state index contributed by atoms with van der Waals surface area (Å²) in [6, 6.07) is 20.0. The van der Waals surface area contributed by atoms with Crippen molar-refractivity contribution in [3.05, 3.63) is 84.9 Å². The Kier molecular flexibility index (Phi) is 15.2. The summed E-state index contributed by atoms with van der Waals surface area (Å²) in [5.74, 6) is -0.125. The number of rotatable bonds is 19. The van der Waals surface area contributed by atoms with Crippen LogP contribution in [0.15, 0.2) is 84.5 Å². The van der Waals surface area contributed by atoms with E-state index in [2.05, 4.69) is 6.58 Å². The lowest BCUT2D eigenvalue weighted by Crippen LogP contribution is -2.32. The van der Waals surface area contributed by atoms with Crippen molar-refractivity contribution >= 4 is 57.3 Å². The second-order valence-corrected chi connectivity index (χ2v) is 15.3. The number of ether oxygens (including phenoxy) is 5. The summed E-state index contributed by atoms with van der Waals surface area (Å²) < 4.78 is 28.6. The van der Waals surface area contributed by atoms with Gasteiger partial charge < -0.3 is 23.7 Å². The average Bonchev–Trinajstić information content (AvgIpc) is 3.67. The van der Waals surface area contributed by atoms with Crippen LogP contribution in [0.4, 0.5) is 5.13 Å². The lowest BCUT2D eigenvalue weighted by atomic mass is 9.82. The van der Waals surface area contributed by atoms with Gasteiger partial charge in [0.1, 0.15) is 23.0 Å². The van der Waals surface area contributed by atoms with E-state index in [0.29, 0.717) is 73.9 Å². The molecule has 0 atom stereocenters. The Morgan fingerprint density at radius 1 is 0.789 bits per heavy atom. The summed E-state index contributed by atoms with van der Waals surface area (Å²) in [7, 11) is 0. The SMILES string of the molecule is C=CC(=O)OCCCCCCOc1ccc(OC(=O)C2CCC(C(=O)Oc3ccc(OC=O)cc3/C=N/N(c3nc4ccccc4s3)C3CCCCC3)CC2)cc1. The summed E-state index contributed by atoms with van der Waals surface area (Å²) >= 11 is 1.58. The highest BCUT2D eigenvalue weighted by Gasteiger charge is 2.33. The number of hydrogen-bond acceptors (Lipinski definition) is 13. The van der Waals surface area contributed by atoms with E-state index >= 15 is 0 Å². The van der Waals surface area contributed by atoms with Gasteiger partial charge >= 0.3 is 17.9 Å². The number of thiazole rings is 1. The number of fused-ring (bicyclic) bond motifs is 1. The molecule has 12 nitrogen and oxygen atoms in total. The van der Waals surface area contributed by atoms with Crippen molar-refractivity contribution in [2.75, 3.05) is 18.2 Å². The molecule has 2 fully saturated rings. The maximum Gasteiger partial charge on any atom is 0.330 e. The first-order chi connectivity index (χ1) is 27.9. The van der Waals surface area contributed by atoms with Gasteiger partial charge in [0.05, 0.1) is 47.5 Å². The van der Waals surface area contributed by atoms with E-state index < -0.39 is 11.9 Å². The zero-order valence-corrected chi connectivity index (χ0v) is 32.9. The fraction of sp³-hybridized carbons (Fsp3) is 0.409. The molecule has 0 unspecified atom stereocenters.